The fraction of sp³-hybridized carbons (Fsp3) is 0.800. The van der Waals surface area contributed by atoms with Crippen molar-refractivity contribution in [3.8, 4) is 0 Å². The number of hydrogen-bond donors (Lipinski definition) is 0. The molecule has 0 unspecified atom stereocenters. The minimum Gasteiger partial charge on any atom is -0.412 e. The molecule has 1 aliphatic rings. The van der Waals surface area contributed by atoms with E-state index in [-0.39, 0.29) is 5.60 Å². The lowest BCUT2D eigenvalue weighted by Crippen LogP contribution is -2.47. The Morgan fingerprint density at radius 3 is 2.41 bits per heavy atom. The van der Waals surface area contributed by atoms with Crippen molar-refractivity contribution in [2.24, 2.45) is 17.3 Å². The summed E-state index contributed by atoms with van der Waals surface area (Å²) < 4.78 is 6.86. The lowest BCUT2D eigenvalue weighted by Gasteiger charge is -2.45. The Kier molecular flexibility index (Phi) is 6.31. The predicted octanol–water partition coefficient (Wildman–Crippen LogP) is 6.58. The van der Waals surface area contributed by atoms with Crippen LogP contribution in [0.2, 0.25) is 19.6 Å². The summed E-state index contributed by atoms with van der Waals surface area (Å²) in [7, 11) is -1.59. The van der Waals surface area contributed by atoms with E-state index in [1.165, 1.54) is 24.8 Å². The molecule has 0 spiro atoms. The summed E-state index contributed by atoms with van der Waals surface area (Å²) in [5, 5.41) is 0. The molecule has 0 radical (unpaired) electrons. The Morgan fingerprint density at radius 1 is 1.36 bits per heavy atom. The van der Waals surface area contributed by atoms with Gasteiger partial charge in [0.15, 0.2) is 8.32 Å². The first kappa shape index (κ1) is 19.7. The lowest BCUT2D eigenvalue weighted by atomic mass is 9.71. The summed E-state index contributed by atoms with van der Waals surface area (Å²) >= 11 is 0. The van der Waals surface area contributed by atoms with Crippen LogP contribution in [0.1, 0.15) is 59.8 Å². The molecule has 1 rings (SSSR count). The number of hydrogen-bond acceptors (Lipinski definition) is 1. The molecule has 1 aliphatic carbocycles. The minimum atomic E-state index is -1.59. The molecule has 0 heterocycles. The zero-order valence-corrected chi connectivity index (χ0v) is 17.1. The third kappa shape index (κ3) is 5.38. The molecule has 0 amide bonds. The summed E-state index contributed by atoms with van der Waals surface area (Å²) in [4.78, 5) is 0. The van der Waals surface area contributed by atoms with Gasteiger partial charge in [0.05, 0.1) is 5.60 Å². The second kappa shape index (κ2) is 7.05. The fourth-order valence-electron chi connectivity index (χ4n) is 4.34. The molecule has 1 nitrogen and oxygen atoms in total. The quantitative estimate of drug-likeness (QED) is 0.362. The molecule has 1 fully saturated rings. The summed E-state index contributed by atoms with van der Waals surface area (Å²) in [6.45, 7) is 24.4. The minimum absolute atomic E-state index is 0.0220. The maximum absolute atomic E-state index is 6.86. The van der Waals surface area contributed by atoms with Gasteiger partial charge in [-0.3, -0.25) is 0 Å². The Morgan fingerprint density at radius 2 is 1.95 bits per heavy atom. The van der Waals surface area contributed by atoms with Crippen molar-refractivity contribution in [3.05, 3.63) is 24.8 Å². The van der Waals surface area contributed by atoms with Crippen molar-refractivity contribution in [2.75, 3.05) is 0 Å². The van der Waals surface area contributed by atoms with E-state index < -0.39 is 8.32 Å². The van der Waals surface area contributed by atoms with Crippen molar-refractivity contribution in [1.82, 2.24) is 0 Å². The SMILES string of the molecule is C=CCC(C)(C)C[C@H]1[C@H](C)CC[C@]1(CC(=C)C)O[Si](C)(C)C. The third-order valence-electron chi connectivity index (χ3n) is 4.97. The van der Waals surface area contributed by atoms with Crippen LogP contribution in [0.15, 0.2) is 24.8 Å². The van der Waals surface area contributed by atoms with Gasteiger partial charge in [-0.15, -0.1) is 13.2 Å². The molecule has 3 atom stereocenters. The second-order valence-corrected chi connectivity index (χ2v) is 13.8. The molecular formula is C20H38OSi. The third-order valence-corrected chi connectivity index (χ3v) is 5.98. The van der Waals surface area contributed by atoms with Gasteiger partial charge in [-0.25, -0.2) is 0 Å². The summed E-state index contributed by atoms with van der Waals surface area (Å²) in [5.41, 5.74) is 1.58. The van der Waals surface area contributed by atoms with Gasteiger partial charge in [0.2, 0.25) is 0 Å². The summed E-state index contributed by atoms with van der Waals surface area (Å²) in [6.07, 6.45) is 7.87. The van der Waals surface area contributed by atoms with Crippen LogP contribution in [0.3, 0.4) is 0 Å². The van der Waals surface area contributed by atoms with Gasteiger partial charge < -0.3 is 4.43 Å². The van der Waals surface area contributed by atoms with E-state index in [0.29, 0.717) is 11.3 Å². The van der Waals surface area contributed by atoms with Crippen LogP contribution in [0, 0.1) is 17.3 Å². The van der Waals surface area contributed by atoms with Crippen LogP contribution in [-0.4, -0.2) is 13.9 Å². The Balaban J connectivity index is 3.10. The molecule has 0 aromatic rings. The van der Waals surface area contributed by atoms with E-state index in [9.17, 15) is 0 Å². The van der Waals surface area contributed by atoms with E-state index in [1.807, 2.05) is 0 Å². The molecule has 2 heteroatoms. The van der Waals surface area contributed by atoms with E-state index in [0.717, 1.165) is 18.8 Å². The fourth-order valence-corrected chi connectivity index (χ4v) is 5.88. The largest absolute Gasteiger partial charge is 0.412 e. The average molecular weight is 323 g/mol. The van der Waals surface area contributed by atoms with E-state index in [1.54, 1.807) is 0 Å². The monoisotopic (exact) mass is 322 g/mol. The number of allylic oxidation sites excluding steroid dienone is 1. The summed E-state index contributed by atoms with van der Waals surface area (Å²) in [6, 6.07) is 0. The Labute approximate surface area is 140 Å². The van der Waals surface area contributed by atoms with Crippen molar-refractivity contribution in [2.45, 2.75) is 85.0 Å². The highest BCUT2D eigenvalue weighted by atomic mass is 28.4. The highest BCUT2D eigenvalue weighted by molar-refractivity contribution is 6.69. The van der Waals surface area contributed by atoms with Crippen molar-refractivity contribution >= 4 is 8.32 Å². The lowest BCUT2D eigenvalue weighted by molar-refractivity contribution is -0.00597. The zero-order chi connectivity index (χ0) is 17.2. The first-order chi connectivity index (χ1) is 9.91. The highest BCUT2D eigenvalue weighted by Crippen LogP contribution is 2.52. The standard InChI is InChI=1S/C20H38OSi/c1-10-12-19(5,6)15-18-17(4)11-13-20(18,14-16(2)3)21-22(7,8)9/h10,17-18H,1-2,11-15H2,3-9H3/t17-,18+,20-/m1/s1. The van der Waals surface area contributed by atoms with Gasteiger partial charge in [0, 0.05) is 0 Å². The first-order valence-electron chi connectivity index (χ1n) is 8.86. The van der Waals surface area contributed by atoms with Gasteiger partial charge in [0.25, 0.3) is 0 Å². The van der Waals surface area contributed by atoms with Crippen molar-refractivity contribution < 1.29 is 4.43 Å². The molecular weight excluding hydrogens is 284 g/mol. The predicted molar refractivity (Wildman–Crippen MR) is 102 cm³/mol. The normalized spacial score (nSPS) is 29.6. The highest BCUT2D eigenvalue weighted by Gasteiger charge is 2.50. The maximum atomic E-state index is 6.86. The van der Waals surface area contributed by atoms with Crippen molar-refractivity contribution in [1.29, 1.82) is 0 Å². The Bertz CT molecular complexity index is 404. The van der Waals surface area contributed by atoms with Gasteiger partial charge in [0.1, 0.15) is 0 Å². The molecule has 0 N–H and O–H groups in total. The topological polar surface area (TPSA) is 9.23 Å². The van der Waals surface area contributed by atoms with Crippen molar-refractivity contribution in [3.63, 3.8) is 0 Å². The second-order valence-electron chi connectivity index (χ2n) is 9.40. The molecule has 0 saturated heterocycles. The van der Waals surface area contributed by atoms with Gasteiger partial charge in [-0.05, 0) is 75.9 Å². The van der Waals surface area contributed by atoms with E-state index in [2.05, 4.69) is 66.6 Å². The molecule has 0 bridgehead atoms. The van der Waals surface area contributed by atoms with Gasteiger partial charge in [-0.2, -0.15) is 0 Å². The van der Waals surface area contributed by atoms with Crippen LogP contribution >= 0.6 is 0 Å². The van der Waals surface area contributed by atoms with E-state index >= 15 is 0 Å². The molecule has 0 aromatic heterocycles. The number of rotatable bonds is 8. The Hall–Kier alpha value is -0.343. The zero-order valence-electron chi connectivity index (χ0n) is 16.1. The molecule has 1 saturated carbocycles. The van der Waals surface area contributed by atoms with Crippen LogP contribution in [0.5, 0.6) is 0 Å². The smallest absolute Gasteiger partial charge is 0.184 e. The molecule has 0 aliphatic heterocycles. The van der Waals surface area contributed by atoms with E-state index in [4.69, 9.17) is 4.43 Å². The molecule has 0 aromatic carbocycles. The van der Waals surface area contributed by atoms with Gasteiger partial charge >= 0.3 is 0 Å². The van der Waals surface area contributed by atoms with Crippen LogP contribution in [0.4, 0.5) is 0 Å². The average Bonchev–Trinajstić information content (AvgIpc) is 2.54. The van der Waals surface area contributed by atoms with Crippen LogP contribution in [-0.2, 0) is 4.43 Å². The van der Waals surface area contributed by atoms with Gasteiger partial charge in [-0.1, -0.05) is 32.4 Å². The molecule has 22 heavy (non-hydrogen) atoms. The maximum Gasteiger partial charge on any atom is 0.184 e. The summed E-state index contributed by atoms with van der Waals surface area (Å²) in [5.74, 6) is 1.37. The molecule has 128 valence electrons. The first-order valence-corrected chi connectivity index (χ1v) is 12.3. The van der Waals surface area contributed by atoms with Crippen LogP contribution in [0.25, 0.3) is 0 Å². The van der Waals surface area contributed by atoms with Crippen LogP contribution < -0.4 is 0 Å².